The van der Waals surface area contributed by atoms with Crippen molar-refractivity contribution in [1.29, 1.82) is 0 Å². The van der Waals surface area contributed by atoms with E-state index in [4.69, 9.17) is 10.6 Å². The summed E-state index contributed by atoms with van der Waals surface area (Å²) in [7, 11) is -4.11. The first-order valence-electron chi connectivity index (χ1n) is 15.5. The Balaban J connectivity index is 0.000000854. The Morgan fingerprint density at radius 1 is 1.00 bits per heavy atom. The normalized spacial score (nSPS) is 19.2. The molecule has 2 fully saturated rings. The monoisotopic (exact) mass is 650 g/mol. The van der Waals surface area contributed by atoms with Gasteiger partial charge in [-0.3, -0.25) is 9.69 Å². The predicted molar refractivity (Wildman–Crippen MR) is 167 cm³/mol. The van der Waals surface area contributed by atoms with E-state index < -0.39 is 32.3 Å². The van der Waals surface area contributed by atoms with E-state index in [9.17, 15) is 26.4 Å². The molecule has 0 aromatic heterocycles. The number of nitrogens with one attached hydrogen (secondary N) is 1. The second-order valence-corrected chi connectivity index (χ2v) is 14.2. The number of aryl methyl sites for hydroxylation is 1. The van der Waals surface area contributed by atoms with Crippen molar-refractivity contribution >= 4 is 21.6 Å². The van der Waals surface area contributed by atoms with E-state index >= 15 is 0 Å². The number of rotatable bonds is 8. The maximum Gasteiger partial charge on any atom is 0.416 e. The van der Waals surface area contributed by atoms with Gasteiger partial charge in [-0.15, -0.1) is 6.54 Å². The number of carbonyl (C=O) groups excluding carboxylic acids is 1. The third-order valence-electron chi connectivity index (χ3n) is 8.37. The van der Waals surface area contributed by atoms with Crippen LogP contribution in [0.4, 0.5) is 13.2 Å². The number of oxime groups is 1. The van der Waals surface area contributed by atoms with Crippen LogP contribution in [0.15, 0.2) is 64.6 Å². The summed E-state index contributed by atoms with van der Waals surface area (Å²) in [4.78, 5) is 22.6. The summed E-state index contributed by atoms with van der Waals surface area (Å²) in [6.07, 6.45) is -1.68. The van der Waals surface area contributed by atoms with Gasteiger partial charge in [-0.1, -0.05) is 61.3 Å². The van der Waals surface area contributed by atoms with Gasteiger partial charge in [-0.2, -0.15) is 17.5 Å². The molecule has 45 heavy (non-hydrogen) atoms. The van der Waals surface area contributed by atoms with Gasteiger partial charge in [0, 0.05) is 58.5 Å². The van der Waals surface area contributed by atoms with E-state index in [0.717, 1.165) is 44.6 Å². The molecule has 248 valence electrons. The van der Waals surface area contributed by atoms with Gasteiger partial charge in [-0.05, 0) is 43.1 Å². The summed E-state index contributed by atoms with van der Waals surface area (Å²) in [5.74, 6) is 0.398. The highest BCUT2D eigenvalue weighted by Gasteiger charge is 2.46. The van der Waals surface area contributed by atoms with Crippen LogP contribution in [-0.4, -0.2) is 92.1 Å². The molecule has 0 radical (unpaired) electrons. The lowest BCUT2D eigenvalue weighted by Gasteiger charge is -2.37. The standard InChI is InChI=1S/C28H33F3N4O4S.C4H10N/c29-28(30,31)23-9-4-10-24(20-23)40(37,38)35-14-11-27(12-15-35)21-25(32-39-27)26(36)34-18-16-33(17-19-34)13-5-8-22-6-2-1-3-7-22;1-4(2)3-5/h1-4,6-7,9-10,20H,5,8,11-19,21H2;4-5H,3H2,1-2H3/q;-1. The van der Waals surface area contributed by atoms with E-state index in [-0.39, 0.29) is 19.0 Å². The molecule has 2 saturated heterocycles. The summed E-state index contributed by atoms with van der Waals surface area (Å²) in [5.41, 5.74) is 6.54. The summed E-state index contributed by atoms with van der Waals surface area (Å²) in [5, 5.41) is 4.09. The van der Waals surface area contributed by atoms with Gasteiger partial charge in [-0.25, -0.2) is 8.42 Å². The smallest absolute Gasteiger partial charge is 0.416 e. The maximum absolute atomic E-state index is 13.2. The molecule has 5 rings (SSSR count). The highest BCUT2D eigenvalue weighted by molar-refractivity contribution is 7.89. The quantitative estimate of drug-likeness (QED) is 0.377. The minimum Gasteiger partial charge on any atom is -0.677 e. The number of hydrogen-bond acceptors (Lipinski definition) is 6. The SMILES string of the molecule is CC(C)C[NH-].O=C(C1=NOC2(CCN(S(=O)(=O)c3cccc(C(F)(F)F)c3)CC2)C1)N1CCN(CCCc2ccccc2)CC1. The fourth-order valence-corrected chi connectivity index (χ4v) is 7.02. The first-order valence-corrected chi connectivity index (χ1v) is 16.9. The lowest BCUT2D eigenvalue weighted by atomic mass is 9.87. The Kier molecular flexibility index (Phi) is 11.7. The fraction of sp³-hybridized carbons (Fsp3) is 0.562. The highest BCUT2D eigenvalue weighted by Crippen LogP contribution is 2.37. The fourth-order valence-electron chi connectivity index (χ4n) is 5.53. The number of piperidine rings is 1. The van der Waals surface area contributed by atoms with Crippen LogP contribution >= 0.6 is 0 Å². The molecule has 1 N–H and O–H groups in total. The molecular formula is C32H43F3N5O4S-. The zero-order chi connectivity index (χ0) is 32.7. The average molecular weight is 651 g/mol. The van der Waals surface area contributed by atoms with Crippen molar-refractivity contribution in [2.24, 2.45) is 11.1 Å². The Labute approximate surface area is 264 Å². The predicted octanol–water partition coefficient (Wildman–Crippen LogP) is 5.48. The van der Waals surface area contributed by atoms with Crippen LogP contribution in [0.1, 0.15) is 50.7 Å². The van der Waals surface area contributed by atoms with Gasteiger partial charge in [0.05, 0.1) is 10.5 Å². The van der Waals surface area contributed by atoms with Gasteiger partial charge in [0.15, 0.2) is 0 Å². The summed E-state index contributed by atoms with van der Waals surface area (Å²) in [6, 6.07) is 14.1. The van der Waals surface area contributed by atoms with Gasteiger partial charge < -0.3 is 15.5 Å². The van der Waals surface area contributed by atoms with Crippen LogP contribution in [0.25, 0.3) is 5.73 Å². The third-order valence-corrected chi connectivity index (χ3v) is 10.3. The minimum atomic E-state index is -4.63. The van der Waals surface area contributed by atoms with E-state index in [1.54, 1.807) is 4.90 Å². The number of piperazine rings is 1. The highest BCUT2D eigenvalue weighted by atomic mass is 32.2. The van der Waals surface area contributed by atoms with E-state index in [2.05, 4.69) is 22.2 Å². The molecule has 1 amide bonds. The molecule has 0 atom stereocenters. The van der Waals surface area contributed by atoms with Crippen LogP contribution in [0.5, 0.6) is 0 Å². The molecular weight excluding hydrogens is 607 g/mol. The van der Waals surface area contributed by atoms with Gasteiger partial charge >= 0.3 is 6.18 Å². The number of amides is 1. The molecule has 3 aliphatic rings. The van der Waals surface area contributed by atoms with E-state index in [1.165, 1.54) is 15.9 Å². The largest absolute Gasteiger partial charge is 0.677 e. The topological polar surface area (TPSA) is 106 Å². The number of sulfonamides is 1. The molecule has 9 nitrogen and oxygen atoms in total. The van der Waals surface area contributed by atoms with Gasteiger partial charge in [0.1, 0.15) is 11.3 Å². The Bertz CT molecular complexity index is 1400. The molecule has 0 unspecified atom stereocenters. The minimum absolute atomic E-state index is 0.0667. The number of carbonyl (C=O) groups is 1. The van der Waals surface area contributed by atoms with Crippen molar-refractivity contribution in [3.63, 3.8) is 0 Å². The number of nitrogens with zero attached hydrogens (tertiary/aromatic N) is 4. The molecule has 0 saturated carbocycles. The van der Waals surface area contributed by atoms with Crippen molar-refractivity contribution in [3.05, 3.63) is 71.5 Å². The Morgan fingerprint density at radius 3 is 2.24 bits per heavy atom. The summed E-state index contributed by atoms with van der Waals surface area (Å²) in [6.45, 7) is 8.54. The molecule has 0 aliphatic carbocycles. The number of benzene rings is 2. The summed E-state index contributed by atoms with van der Waals surface area (Å²) < 4.78 is 66.5. The Morgan fingerprint density at radius 2 is 1.64 bits per heavy atom. The summed E-state index contributed by atoms with van der Waals surface area (Å²) >= 11 is 0. The van der Waals surface area contributed by atoms with Crippen LogP contribution < -0.4 is 0 Å². The van der Waals surface area contributed by atoms with Crippen molar-refractivity contribution in [2.45, 2.75) is 62.6 Å². The van der Waals surface area contributed by atoms with Crippen molar-refractivity contribution in [1.82, 2.24) is 14.1 Å². The number of halogens is 3. The molecule has 2 aromatic rings. The molecule has 2 aromatic carbocycles. The molecule has 1 spiro atoms. The van der Waals surface area contributed by atoms with Crippen LogP contribution in [-0.2, 0) is 32.3 Å². The second-order valence-electron chi connectivity index (χ2n) is 12.2. The zero-order valence-corrected chi connectivity index (χ0v) is 26.7. The lowest BCUT2D eigenvalue weighted by Crippen LogP contribution is -2.51. The second kappa shape index (κ2) is 15.1. The van der Waals surface area contributed by atoms with Gasteiger partial charge in [0.2, 0.25) is 10.0 Å². The number of alkyl halides is 3. The van der Waals surface area contributed by atoms with E-state index in [1.807, 2.05) is 32.0 Å². The number of hydrogen-bond donors (Lipinski definition) is 0. The van der Waals surface area contributed by atoms with Crippen molar-refractivity contribution in [3.8, 4) is 0 Å². The third kappa shape index (κ3) is 9.27. The van der Waals surface area contributed by atoms with Crippen molar-refractivity contribution in [2.75, 3.05) is 52.4 Å². The van der Waals surface area contributed by atoms with Crippen LogP contribution in [0.3, 0.4) is 0 Å². The maximum atomic E-state index is 13.2. The lowest BCUT2D eigenvalue weighted by molar-refractivity contribution is -0.137. The van der Waals surface area contributed by atoms with E-state index in [0.29, 0.717) is 56.6 Å². The molecule has 3 aliphatic heterocycles. The van der Waals surface area contributed by atoms with Gasteiger partial charge in [0.25, 0.3) is 5.91 Å². The van der Waals surface area contributed by atoms with Crippen LogP contribution in [0, 0.1) is 5.92 Å². The first-order chi connectivity index (χ1) is 21.3. The average Bonchev–Trinajstić information content (AvgIpc) is 3.45. The van der Waals surface area contributed by atoms with Crippen LogP contribution in [0.2, 0.25) is 0 Å². The van der Waals surface area contributed by atoms with Crippen molar-refractivity contribution < 1.29 is 31.2 Å². The molecule has 13 heteroatoms. The molecule has 0 bridgehead atoms. The molecule has 3 heterocycles. The Hall–Kier alpha value is -3.00. The zero-order valence-electron chi connectivity index (χ0n) is 25.9. The first kappa shape index (κ1) is 34.9.